The van der Waals surface area contributed by atoms with Crippen LogP contribution in [0.1, 0.15) is 17.3 Å². The maximum absolute atomic E-state index is 11.7. The fraction of sp³-hybridized carbons (Fsp3) is 0.143. The third kappa shape index (κ3) is 3.08. The van der Waals surface area contributed by atoms with Crippen molar-refractivity contribution in [2.45, 2.75) is 6.92 Å². The molecule has 98 valence electrons. The predicted octanol–water partition coefficient (Wildman–Crippen LogP) is 2.21. The lowest BCUT2D eigenvalue weighted by Gasteiger charge is -2.06. The highest BCUT2D eigenvalue weighted by molar-refractivity contribution is 5.91. The number of esters is 1. The minimum Gasteiger partial charge on any atom is -0.462 e. The van der Waals surface area contributed by atoms with E-state index in [9.17, 15) is 4.79 Å². The van der Waals surface area contributed by atoms with Gasteiger partial charge in [0.25, 0.3) is 0 Å². The molecule has 2 aromatic rings. The fourth-order valence-electron chi connectivity index (χ4n) is 1.69. The highest BCUT2D eigenvalue weighted by Crippen LogP contribution is 2.21. The number of nitrogen functional groups attached to an aromatic ring is 1. The number of carbonyl (C=O) groups is 1. The van der Waals surface area contributed by atoms with Gasteiger partial charge >= 0.3 is 5.97 Å². The van der Waals surface area contributed by atoms with E-state index < -0.39 is 0 Å². The Kier molecular flexibility index (Phi) is 4.10. The van der Waals surface area contributed by atoms with Crippen LogP contribution in [-0.4, -0.2) is 17.6 Å². The van der Waals surface area contributed by atoms with Crippen LogP contribution in [0.4, 0.5) is 5.82 Å². The summed E-state index contributed by atoms with van der Waals surface area (Å²) in [6.45, 7) is 2.14. The van der Waals surface area contributed by atoms with E-state index in [1.54, 1.807) is 31.3 Å². The number of carbonyl (C=O) groups excluding carboxylic acids is 1. The molecule has 0 radical (unpaired) electrons. The zero-order chi connectivity index (χ0) is 13.7. The molecule has 0 fully saturated rings. The minimum atomic E-state index is -0.322. The van der Waals surface area contributed by atoms with Crippen molar-refractivity contribution in [3.63, 3.8) is 0 Å². The Labute approximate surface area is 111 Å². The Morgan fingerprint density at radius 2 is 2.16 bits per heavy atom. The number of benzene rings is 1. The van der Waals surface area contributed by atoms with Crippen LogP contribution in [-0.2, 0) is 4.74 Å². The second kappa shape index (κ2) is 5.97. The lowest BCUT2D eigenvalue weighted by Crippen LogP contribution is -2.08. The van der Waals surface area contributed by atoms with Crippen molar-refractivity contribution >= 4 is 11.8 Å². The van der Waals surface area contributed by atoms with Crippen molar-refractivity contribution in [2.75, 3.05) is 12.0 Å². The zero-order valence-electron chi connectivity index (χ0n) is 10.6. The molecule has 19 heavy (non-hydrogen) atoms. The van der Waals surface area contributed by atoms with Crippen molar-refractivity contribution in [2.24, 2.45) is 5.84 Å². The van der Waals surface area contributed by atoms with E-state index in [0.717, 1.165) is 11.1 Å². The molecule has 0 unspecified atom stereocenters. The number of aromatic nitrogens is 1. The standard InChI is InChI=1S/C14H15N3O2/c1-2-19-14(18)11-5-3-4-10(8-11)12-6-7-13(17-15)16-9-12/h3-9H,2,15H2,1H3,(H,16,17). The lowest BCUT2D eigenvalue weighted by atomic mass is 10.0. The van der Waals surface area contributed by atoms with E-state index in [1.807, 2.05) is 18.2 Å². The first-order valence-corrected chi connectivity index (χ1v) is 5.95. The third-order valence-electron chi connectivity index (χ3n) is 2.62. The van der Waals surface area contributed by atoms with Gasteiger partial charge in [0.15, 0.2) is 0 Å². The molecule has 0 amide bonds. The first-order chi connectivity index (χ1) is 9.24. The van der Waals surface area contributed by atoms with Crippen LogP contribution in [0, 0.1) is 0 Å². The molecular weight excluding hydrogens is 242 g/mol. The zero-order valence-corrected chi connectivity index (χ0v) is 10.6. The summed E-state index contributed by atoms with van der Waals surface area (Å²) in [6.07, 6.45) is 1.69. The van der Waals surface area contributed by atoms with Crippen LogP contribution >= 0.6 is 0 Å². The van der Waals surface area contributed by atoms with Crippen molar-refractivity contribution in [1.82, 2.24) is 4.98 Å². The molecule has 5 heteroatoms. The lowest BCUT2D eigenvalue weighted by molar-refractivity contribution is 0.0526. The Morgan fingerprint density at radius 3 is 2.79 bits per heavy atom. The van der Waals surface area contributed by atoms with Gasteiger partial charge < -0.3 is 10.2 Å². The molecule has 0 spiro atoms. The topological polar surface area (TPSA) is 77.2 Å². The van der Waals surface area contributed by atoms with Crippen molar-refractivity contribution < 1.29 is 9.53 Å². The van der Waals surface area contributed by atoms with Gasteiger partial charge in [-0.05, 0) is 36.8 Å². The number of nitrogens with zero attached hydrogens (tertiary/aromatic N) is 1. The third-order valence-corrected chi connectivity index (χ3v) is 2.62. The van der Waals surface area contributed by atoms with E-state index in [4.69, 9.17) is 10.6 Å². The van der Waals surface area contributed by atoms with Crippen LogP contribution in [0.3, 0.4) is 0 Å². The van der Waals surface area contributed by atoms with Crippen molar-refractivity contribution in [1.29, 1.82) is 0 Å². The Hall–Kier alpha value is -2.40. The summed E-state index contributed by atoms with van der Waals surface area (Å²) in [7, 11) is 0. The molecule has 0 atom stereocenters. The molecule has 0 saturated heterocycles. The number of ether oxygens (including phenoxy) is 1. The van der Waals surface area contributed by atoms with Gasteiger partial charge in [-0.1, -0.05) is 12.1 Å². The van der Waals surface area contributed by atoms with E-state index >= 15 is 0 Å². The largest absolute Gasteiger partial charge is 0.462 e. The molecule has 0 bridgehead atoms. The molecule has 0 aliphatic carbocycles. The fourth-order valence-corrected chi connectivity index (χ4v) is 1.69. The number of pyridine rings is 1. The number of hydrogen-bond acceptors (Lipinski definition) is 5. The molecule has 0 aliphatic rings. The van der Waals surface area contributed by atoms with Crippen LogP contribution in [0.2, 0.25) is 0 Å². The number of hydrogen-bond donors (Lipinski definition) is 2. The summed E-state index contributed by atoms with van der Waals surface area (Å²) < 4.78 is 4.97. The monoisotopic (exact) mass is 257 g/mol. The van der Waals surface area contributed by atoms with Crippen LogP contribution in [0.5, 0.6) is 0 Å². The second-order valence-electron chi connectivity index (χ2n) is 3.88. The molecule has 0 saturated carbocycles. The minimum absolute atomic E-state index is 0.322. The summed E-state index contributed by atoms with van der Waals surface area (Å²) in [5, 5.41) is 0. The van der Waals surface area contributed by atoms with E-state index in [0.29, 0.717) is 18.0 Å². The Morgan fingerprint density at radius 1 is 1.32 bits per heavy atom. The van der Waals surface area contributed by atoms with Gasteiger partial charge in [-0.3, -0.25) is 0 Å². The van der Waals surface area contributed by atoms with E-state index in [1.165, 1.54) is 0 Å². The summed E-state index contributed by atoms with van der Waals surface area (Å²) in [5.74, 6) is 5.53. The number of hydrazine groups is 1. The summed E-state index contributed by atoms with van der Waals surface area (Å²) in [5.41, 5.74) is 4.81. The quantitative estimate of drug-likeness (QED) is 0.499. The second-order valence-corrected chi connectivity index (χ2v) is 3.88. The van der Waals surface area contributed by atoms with Crippen LogP contribution in [0.15, 0.2) is 42.6 Å². The maximum Gasteiger partial charge on any atom is 0.338 e. The maximum atomic E-state index is 11.7. The number of rotatable bonds is 4. The normalized spacial score (nSPS) is 10.0. The number of anilines is 1. The average molecular weight is 257 g/mol. The molecule has 2 rings (SSSR count). The molecule has 1 heterocycles. The van der Waals surface area contributed by atoms with E-state index in [2.05, 4.69) is 10.4 Å². The Balaban J connectivity index is 2.29. The Bertz CT molecular complexity index is 567. The molecule has 1 aromatic carbocycles. The van der Waals surface area contributed by atoms with Gasteiger partial charge in [0.05, 0.1) is 12.2 Å². The summed E-state index contributed by atoms with van der Waals surface area (Å²) >= 11 is 0. The van der Waals surface area contributed by atoms with Gasteiger partial charge in [0.2, 0.25) is 0 Å². The SMILES string of the molecule is CCOC(=O)c1cccc(-c2ccc(NN)nc2)c1. The average Bonchev–Trinajstić information content (AvgIpc) is 2.48. The highest BCUT2D eigenvalue weighted by atomic mass is 16.5. The van der Waals surface area contributed by atoms with Crippen LogP contribution in [0.25, 0.3) is 11.1 Å². The van der Waals surface area contributed by atoms with Crippen molar-refractivity contribution in [3.05, 3.63) is 48.2 Å². The van der Waals surface area contributed by atoms with E-state index in [-0.39, 0.29) is 5.97 Å². The first kappa shape index (κ1) is 13.0. The molecule has 0 aliphatic heterocycles. The first-order valence-electron chi connectivity index (χ1n) is 5.95. The van der Waals surface area contributed by atoms with Crippen molar-refractivity contribution in [3.8, 4) is 11.1 Å². The summed E-state index contributed by atoms with van der Waals surface area (Å²) in [6, 6.07) is 10.9. The van der Waals surface area contributed by atoms with Gasteiger partial charge in [0.1, 0.15) is 5.82 Å². The van der Waals surface area contributed by atoms with Gasteiger partial charge in [-0.2, -0.15) is 0 Å². The molecule has 3 N–H and O–H groups in total. The molecule has 5 nitrogen and oxygen atoms in total. The van der Waals surface area contributed by atoms with Crippen LogP contribution < -0.4 is 11.3 Å². The smallest absolute Gasteiger partial charge is 0.338 e. The van der Waals surface area contributed by atoms with Gasteiger partial charge in [-0.25, -0.2) is 15.6 Å². The number of nitrogens with one attached hydrogen (secondary N) is 1. The summed E-state index contributed by atoms with van der Waals surface area (Å²) in [4.78, 5) is 15.8. The van der Waals surface area contributed by atoms with Gasteiger partial charge in [0, 0.05) is 11.8 Å². The number of nitrogens with two attached hydrogens (primary N) is 1. The highest BCUT2D eigenvalue weighted by Gasteiger charge is 2.07. The molecular formula is C14H15N3O2. The molecule has 1 aromatic heterocycles. The van der Waals surface area contributed by atoms with Gasteiger partial charge in [-0.15, -0.1) is 0 Å². The predicted molar refractivity (Wildman–Crippen MR) is 73.4 cm³/mol.